The Labute approximate surface area is 90.8 Å². The van der Waals surface area contributed by atoms with Gasteiger partial charge in [-0.3, -0.25) is 4.90 Å². The second kappa shape index (κ2) is 4.48. The largest absolute Gasteiger partial charge is 0.348 e. The predicted molar refractivity (Wildman–Crippen MR) is 55.1 cm³/mol. The van der Waals surface area contributed by atoms with Gasteiger partial charge in [0.15, 0.2) is 5.79 Å². The van der Waals surface area contributed by atoms with Crippen molar-refractivity contribution in [1.82, 2.24) is 4.90 Å². The van der Waals surface area contributed by atoms with E-state index in [4.69, 9.17) is 14.7 Å². The van der Waals surface area contributed by atoms with Gasteiger partial charge in [0.05, 0.1) is 25.8 Å². The van der Waals surface area contributed by atoms with Crippen LogP contribution in [0, 0.1) is 11.3 Å². The van der Waals surface area contributed by atoms with Crippen molar-refractivity contribution in [2.24, 2.45) is 0 Å². The highest BCUT2D eigenvalue weighted by molar-refractivity contribution is 4.88. The van der Waals surface area contributed by atoms with Gasteiger partial charge in [-0.1, -0.05) is 0 Å². The maximum absolute atomic E-state index is 8.63. The summed E-state index contributed by atoms with van der Waals surface area (Å²) in [7, 11) is 2.02. The van der Waals surface area contributed by atoms with Gasteiger partial charge in [-0.25, -0.2) is 0 Å². The third-order valence-corrected chi connectivity index (χ3v) is 3.47. The van der Waals surface area contributed by atoms with Crippen molar-refractivity contribution in [1.29, 1.82) is 5.26 Å². The molecule has 2 fully saturated rings. The van der Waals surface area contributed by atoms with Gasteiger partial charge in [-0.15, -0.1) is 0 Å². The zero-order valence-corrected chi connectivity index (χ0v) is 9.24. The van der Waals surface area contributed by atoms with Crippen LogP contribution < -0.4 is 0 Å². The summed E-state index contributed by atoms with van der Waals surface area (Å²) in [5.41, 5.74) is 0. The first-order valence-electron chi connectivity index (χ1n) is 5.61. The van der Waals surface area contributed by atoms with Crippen molar-refractivity contribution < 1.29 is 9.47 Å². The summed E-state index contributed by atoms with van der Waals surface area (Å²) < 4.78 is 11.3. The van der Waals surface area contributed by atoms with Gasteiger partial charge in [0.25, 0.3) is 0 Å². The van der Waals surface area contributed by atoms with Gasteiger partial charge in [0.2, 0.25) is 0 Å². The normalized spacial score (nSPS) is 25.9. The minimum absolute atomic E-state index is 0.274. The Morgan fingerprint density at radius 2 is 1.93 bits per heavy atom. The number of hydrogen-bond donors (Lipinski definition) is 0. The standard InChI is InChI=1S/C11H18N2O2/c1-13(7-6-12)10-2-4-11(5-3-10)14-8-9-15-11/h10H,2-5,7-9H2,1H3. The SMILES string of the molecule is CN(CC#N)C1CCC2(CC1)OCCO2. The van der Waals surface area contributed by atoms with E-state index in [9.17, 15) is 0 Å². The molecule has 15 heavy (non-hydrogen) atoms. The maximum atomic E-state index is 8.63. The molecule has 1 spiro atoms. The van der Waals surface area contributed by atoms with Crippen LogP contribution >= 0.6 is 0 Å². The van der Waals surface area contributed by atoms with Crippen LogP contribution in [0.1, 0.15) is 25.7 Å². The number of hydrogen-bond acceptors (Lipinski definition) is 4. The average Bonchev–Trinajstić information content (AvgIpc) is 2.68. The number of rotatable bonds is 2. The molecule has 0 N–H and O–H groups in total. The smallest absolute Gasteiger partial charge is 0.168 e. The Bertz CT molecular complexity index is 246. The molecule has 0 bridgehead atoms. The Hall–Kier alpha value is -0.630. The van der Waals surface area contributed by atoms with E-state index in [-0.39, 0.29) is 5.79 Å². The van der Waals surface area contributed by atoms with E-state index in [1.54, 1.807) is 0 Å². The molecule has 4 nitrogen and oxygen atoms in total. The lowest BCUT2D eigenvalue weighted by Crippen LogP contribution is -2.42. The van der Waals surface area contributed by atoms with E-state index in [0.29, 0.717) is 12.6 Å². The molecule has 1 aliphatic carbocycles. The second-order valence-corrected chi connectivity index (χ2v) is 4.41. The van der Waals surface area contributed by atoms with Gasteiger partial charge in [0, 0.05) is 18.9 Å². The molecular weight excluding hydrogens is 192 g/mol. The van der Waals surface area contributed by atoms with Crippen molar-refractivity contribution >= 4 is 0 Å². The van der Waals surface area contributed by atoms with Gasteiger partial charge in [-0.2, -0.15) is 5.26 Å². The monoisotopic (exact) mass is 210 g/mol. The molecule has 1 saturated carbocycles. The van der Waals surface area contributed by atoms with E-state index < -0.39 is 0 Å². The molecule has 0 amide bonds. The summed E-state index contributed by atoms with van der Waals surface area (Å²) >= 11 is 0. The second-order valence-electron chi connectivity index (χ2n) is 4.41. The lowest BCUT2D eigenvalue weighted by Gasteiger charge is -2.38. The molecule has 0 unspecified atom stereocenters. The van der Waals surface area contributed by atoms with Crippen LogP contribution in [0.3, 0.4) is 0 Å². The van der Waals surface area contributed by atoms with Crippen LogP contribution in [0.2, 0.25) is 0 Å². The van der Waals surface area contributed by atoms with Crippen molar-refractivity contribution in [3.05, 3.63) is 0 Å². The van der Waals surface area contributed by atoms with Gasteiger partial charge in [0.1, 0.15) is 0 Å². The molecule has 2 aliphatic rings. The van der Waals surface area contributed by atoms with Crippen LogP contribution in [0.5, 0.6) is 0 Å². The Kier molecular flexibility index (Phi) is 3.25. The summed E-state index contributed by atoms with van der Waals surface area (Å²) in [6.45, 7) is 1.98. The highest BCUT2D eigenvalue weighted by Gasteiger charge is 2.40. The maximum Gasteiger partial charge on any atom is 0.168 e. The minimum Gasteiger partial charge on any atom is -0.348 e. The van der Waals surface area contributed by atoms with E-state index in [2.05, 4.69) is 11.0 Å². The Balaban J connectivity index is 1.84. The molecule has 0 aromatic heterocycles. The Morgan fingerprint density at radius 3 is 2.47 bits per heavy atom. The average molecular weight is 210 g/mol. The summed E-state index contributed by atoms with van der Waals surface area (Å²) in [5, 5.41) is 8.63. The summed E-state index contributed by atoms with van der Waals surface area (Å²) in [4.78, 5) is 2.13. The molecule has 4 heteroatoms. The number of nitriles is 1. The highest BCUT2D eigenvalue weighted by Crippen LogP contribution is 2.36. The molecule has 1 saturated heterocycles. The lowest BCUT2D eigenvalue weighted by atomic mass is 9.89. The van der Waals surface area contributed by atoms with Crippen molar-refractivity contribution in [2.75, 3.05) is 26.8 Å². The zero-order valence-electron chi connectivity index (χ0n) is 9.24. The minimum atomic E-state index is -0.274. The van der Waals surface area contributed by atoms with Crippen LogP contribution in [-0.4, -0.2) is 43.5 Å². The van der Waals surface area contributed by atoms with Crippen LogP contribution in [-0.2, 0) is 9.47 Å². The van der Waals surface area contributed by atoms with Crippen LogP contribution in [0.4, 0.5) is 0 Å². The molecule has 0 aromatic rings. The molecule has 2 rings (SSSR count). The van der Waals surface area contributed by atoms with Crippen molar-refractivity contribution in [3.8, 4) is 6.07 Å². The summed E-state index contributed by atoms with van der Waals surface area (Å²) in [6.07, 6.45) is 4.07. The molecule has 1 aliphatic heterocycles. The molecule has 0 radical (unpaired) electrons. The Morgan fingerprint density at radius 1 is 1.33 bits per heavy atom. The highest BCUT2D eigenvalue weighted by atomic mass is 16.7. The van der Waals surface area contributed by atoms with Crippen LogP contribution in [0.25, 0.3) is 0 Å². The van der Waals surface area contributed by atoms with E-state index >= 15 is 0 Å². The first-order chi connectivity index (χ1) is 7.26. The van der Waals surface area contributed by atoms with E-state index in [1.165, 1.54) is 0 Å². The quantitative estimate of drug-likeness (QED) is 0.641. The molecule has 0 aromatic carbocycles. The first kappa shape index (κ1) is 10.9. The molecule has 0 atom stereocenters. The predicted octanol–water partition coefficient (Wildman–Crippen LogP) is 1.13. The lowest BCUT2D eigenvalue weighted by molar-refractivity contribution is -0.183. The number of nitrogens with zero attached hydrogens (tertiary/aromatic N) is 2. The first-order valence-corrected chi connectivity index (χ1v) is 5.61. The van der Waals surface area contributed by atoms with E-state index in [0.717, 1.165) is 38.9 Å². The zero-order chi connectivity index (χ0) is 10.7. The van der Waals surface area contributed by atoms with Gasteiger partial charge in [-0.05, 0) is 19.9 Å². The molecular formula is C11H18N2O2. The van der Waals surface area contributed by atoms with Gasteiger partial charge >= 0.3 is 0 Å². The van der Waals surface area contributed by atoms with Crippen molar-refractivity contribution in [2.45, 2.75) is 37.5 Å². The topological polar surface area (TPSA) is 45.5 Å². The van der Waals surface area contributed by atoms with Crippen molar-refractivity contribution in [3.63, 3.8) is 0 Å². The molecule has 1 heterocycles. The van der Waals surface area contributed by atoms with E-state index in [1.807, 2.05) is 7.05 Å². The third-order valence-electron chi connectivity index (χ3n) is 3.47. The molecule has 84 valence electrons. The van der Waals surface area contributed by atoms with Gasteiger partial charge < -0.3 is 9.47 Å². The third kappa shape index (κ3) is 2.31. The summed E-state index contributed by atoms with van der Waals surface area (Å²) in [6, 6.07) is 2.71. The fourth-order valence-corrected chi connectivity index (χ4v) is 2.51. The summed E-state index contributed by atoms with van der Waals surface area (Å²) in [5.74, 6) is -0.274. The van der Waals surface area contributed by atoms with Crippen LogP contribution in [0.15, 0.2) is 0 Å². The fraction of sp³-hybridized carbons (Fsp3) is 0.909. The number of ether oxygens (including phenoxy) is 2. The fourth-order valence-electron chi connectivity index (χ4n) is 2.51.